The number of aryl methyl sites for hydroxylation is 1. The Kier molecular flexibility index (Phi) is 3.01. The SMILES string of the molecule is Cn1c(CNCC(F)(F)F)nc2ccncc21. The minimum atomic E-state index is -4.20. The third kappa shape index (κ3) is 2.73. The van der Waals surface area contributed by atoms with Gasteiger partial charge in [0.15, 0.2) is 0 Å². The quantitative estimate of drug-likeness (QED) is 0.892. The van der Waals surface area contributed by atoms with Crippen LogP contribution in [0.4, 0.5) is 13.2 Å². The molecule has 0 aliphatic carbocycles. The second-order valence-corrected chi connectivity index (χ2v) is 3.67. The van der Waals surface area contributed by atoms with Gasteiger partial charge >= 0.3 is 6.18 Å². The molecular formula is C10H11F3N4. The minimum absolute atomic E-state index is 0.0741. The maximum atomic E-state index is 12.0. The third-order valence-electron chi connectivity index (χ3n) is 2.38. The number of nitrogens with one attached hydrogen (secondary N) is 1. The highest BCUT2D eigenvalue weighted by Crippen LogP contribution is 2.14. The number of imidazole rings is 1. The van der Waals surface area contributed by atoms with Crippen molar-refractivity contribution in [2.75, 3.05) is 6.54 Å². The fourth-order valence-corrected chi connectivity index (χ4v) is 1.56. The first kappa shape index (κ1) is 11.8. The lowest BCUT2D eigenvalue weighted by Crippen LogP contribution is -2.29. The molecule has 2 heterocycles. The summed E-state index contributed by atoms with van der Waals surface area (Å²) in [5.74, 6) is 0.553. The van der Waals surface area contributed by atoms with Gasteiger partial charge in [-0.3, -0.25) is 4.98 Å². The molecule has 0 radical (unpaired) electrons. The van der Waals surface area contributed by atoms with Crippen molar-refractivity contribution in [1.82, 2.24) is 19.9 Å². The van der Waals surface area contributed by atoms with Crippen molar-refractivity contribution in [3.8, 4) is 0 Å². The monoisotopic (exact) mass is 244 g/mol. The van der Waals surface area contributed by atoms with Gasteiger partial charge in [-0.2, -0.15) is 13.2 Å². The summed E-state index contributed by atoms with van der Waals surface area (Å²) < 4.78 is 37.6. The molecule has 0 aromatic carbocycles. The van der Waals surface area contributed by atoms with Crippen molar-refractivity contribution in [3.05, 3.63) is 24.3 Å². The molecule has 2 aromatic heterocycles. The molecule has 2 rings (SSSR count). The van der Waals surface area contributed by atoms with E-state index in [0.29, 0.717) is 5.82 Å². The molecule has 0 spiro atoms. The molecule has 0 aliphatic heterocycles. The lowest BCUT2D eigenvalue weighted by Gasteiger charge is -2.07. The topological polar surface area (TPSA) is 42.7 Å². The number of alkyl halides is 3. The zero-order chi connectivity index (χ0) is 12.5. The van der Waals surface area contributed by atoms with Crippen LogP contribution in [0, 0.1) is 0 Å². The highest BCUT2D eigenvalue weighted by molar-refractivity contribution is 5.74. The van der Waals surface area contributed by atoms with E-state index in [1.54, 1.807) is 30.1 Å². The second kappa shape index (κ2) is 4.33. The van der Waals surface area contributed by atoms with Crippen molar-refractivity contribution in [2.24, 2.45) is 7.05 Å². The maximum Gasteiger partial charge on any atom is 0.401 e. The molecule has 1 N–H and O–H groups in total. The Morgan fingerprint density at radius 2 is 2.18 bits per heavy atom. The summed E-state index contributed by atoms with van der Waals surface area (Å²) in [5.41, 5.74) is 1.53. The lowest BCUT2D eigenvalue weighted by atomic mass is 10.4. The van der Waals surface area contributed by atoms with Crippen LogP contribution < -0.4 is 5.32 Å². The van der Waals surface area contributed by atoms with Gasteiger partial charge in [0.2, 0.25) is 0 Å². The molecule has 7 heteroatoms. The molecule has 2 aromatic rings. The van der Waals surface area contributed by atoms with Crippen LogP contribution in [0.5, 0.6) is 0 Å². The number of aromatic nitrogens is 3. The summed E-state index contributed by atoms with van der Waals surface area (Å²) in [5, 5.41) is 2.31. The molecular weight excluding hydrogens is 233 g/mol. The van der Waals surface area contributed by atoms with Crippen molar-refractivity contribution in [3.63, 3.8) is 0 Å². The average Bonchev–Trinajstić information content (AvgIpc) is 2.55. The fourth-order valence-electron chi connectivity index (χ4n) is 1.56. The first-order valence-electron chi connectivity index (χ1n) is 5.00. The van der Waals surface area contributed by atoms with Gasteiger partial charge in [0.05, 0.1) is 30.3 Å². The minimum Gasteiger partial charge on any atom is -0.329 e. The molecule has 0 atom stereocenters. The van der Waals surface area contributed by atoms with Gasteiger partial charge < -0.3 is 9.88 Å². The maximum absolute atomic E-state index is 12.0. The van der Waals surface area contributed by atoms with Gasteiger partial charge in [0, 0.05) is 13.2 Å². The first-order chi connectivity index (χ1) is 7.97. The number of halogens is 3. The van der Waals surface area contributed by atoms with Crippen molar-refractivity contribution >= 4 is 11.0 Å². The van der Waals surface area contributed by atoms with Gasteiger partial charge in [-0.1, -0.05) is 0 Å². The van der Waals surface area contributed by atoms with E-state index in [-0.39, 0.29) is 6.54 Å². The lowest BCUT2D eigenvalue weighted by molar-refractivity contribution is -0.125. The summed E-state index contributed by atoms with van der Waals surface area (Å²) in [6.07, 6.45) is -0.968. The van der Waals surface area contributed by atoms with Crippen LogP contribution in [0.1, 0.15) is 5.82 Å². The second-order valence-electron chi connectivity index (χ2n) is 3.67. The Labute approximate surface area is 95.5 Å². The number of hydrogen-bond donors (Lipinski definition) is 1. The molecule has 0 saturated carbocycles. The Balaban J connectivity index is 2.11. The van der Waals surface area contributed by atoms with Crippen LogP contribution in [0.3, 0.4) is 0 Å². The van der Waals surface area contributed by atoms with E-state index >= 15 is 0 Å². The van der Waals surface area contributed by atoms with Gasteiger partial charge in [-0.25, -0.2) is 4.98 Å². The average molecular weight is 244 g/mol. The highest BCUT2D eigenvalue weighted by atomic mass is 19.4. The van der Waals surface area contributed by atoms with Gasteiger partial charge in [0.25, 0.3) is 0 Å². The Bertz CT molecular complexity index is 518. The van der Waals surface area contributed by atoms with Crippen molar-refractivity contribution in [1.29, 1.82) is 0 Å². The predicted molar refractivity (Wildman–Crippen MR) is 56.3 cm³/mol. The molecule has 0 fully saturated rings. The van der Waals surface area contributed by atoms with E-state index in [0.717, 1.165) is 11.0 Å². The number of nitrogens with zero attached hydrogens (tertiary/aromatic N) is 3. The van der Waals surface area contributed by atoms with E-state index in [2.05, 4.69) is 15.3 Å². The number of hydrogen-bond acceptors (Lipinski definition) is 3. The first-order valence-corrected chi connectivity index (χ1v) is 5.00. The zero-order valence-corrected chi connectivity index (χ0v) is 9.12. The van der Waals surface area contributed by atoms with Gasteiger partial charge in [0.1, 0.15) is 5.82 Å². The molecule has 0 bridgehead atoms. The van der Waals surface area contributed by atoms with E-state index in [9.17, 15) is 13.2 Å². The predicted octanol–water partition coefficient (Wildman–Crippen LogP) is 1.62. The van der Waals surface area contributed by atoms with Crippen molar-refractivity contribution in [2.45, 2.75) is 12.7 Å². The Hall–Kier alpha value is -1.63. The van der Waals surface area contributed by atoms with E-state index in [1.165, 1.54) is 0 Å². The molecule has 0 amide bonds. The molecule has 0 aliphatic rings. The van der Waals surface area contributed by atoms with Crippen LogP contribution in [0.15, 0.2) is 18.5 Å². The molecule has 17 heavy (non-hydrogen) atoms. The number of fused-ring (bicyclic) bond motifs is 1. The summed E-state index contributed by atoms with van der Waals surface area (Å²) in [6, 6.07) is 1.72. The summed E-state index contributed by atoms with van der Waals surface area (Å²) in [7, 11) is 1.75. The Morgan fingerprint density at radius 3 is 2.82 bits per heavy atom. The van der Waals surface area contributed by atoms with Crippen LogP contribution in [0.25, 0.3) is 11.0 Å². The molecule has 0 unspecified atom stereocenters. The molecule has 4 nitrogen and oxygen atoms in total. The fraction of sp³-hybridized carbons (Fsp3) is 0.400. The largest absolute Gasteiger partial charge is 0.401 e. The van der Waals surface area contributed by atoms with Crippen LogP contribution in [-0.4, -0.2) is 27.3 Å². The third-order valence-corrected chi connectivity index (χ3v) is 2.38. The van der Waals surface area contributed by atoms with Crippen LogP contribution >= 0.6 is 0 Å². The Morgan fingerprint density at radius 1 is 1.41 bits per heavy atom. The summed E-state index contributed by atoms with van der Waals surface area (Å²) in [6.45, 7) is -0.945. The van der Waals surface area contributed by atoms with Gasteiger partial charge in [-0.15, -0.1) is 0 Å². The van der Waals surface area contributed by atoms with Gasteiger partial charge in [-0.05, 0) is 6.07 Å². The van der Waals surface area contributed by atoms with Crippen molar-refractivity contribution < 1.29 is 13.2 Å². The van der Waals surface area contributed by atoms with E-state index in [4.69, 9.17) is 0 Å². The van der Waals surface area contributed by atoms with E-state index < -0.39 is 12.7 Å². The van der Waals surface area contributed by atoms with Crippen LogP contribution in [0.2, 0.25) is 0 Å². The smallest absolute Gasteiger partial charge is 0.329 e. The van der Waals surface area contributed by atoms with Crippen LogP contribution in [-0.2, 0) is 13.6 Å². The molecule has 92 valence electrons. The number of pyridine rings is 1. The zero-order valence-electron chi connectivity index (χ0n) is 9.12. The summed E-state index contributed by atoms with van der Waals surface area (Å²) in [4.78, 5) is 8.17. The number of rotatable bonds is 3. The summed E-state index contributed by atoms with van der Waals surface area (Å²) >= 11 is 0. The van der Waals surface area contributed by atoms with E-state index in [1.807, 2.05) is 0 Å². The standard InChI is InChI=1S/C10H11F3N4/c1-17-8-4-14-3-2-7(8)16-9(17)5-15-6-10(11,12)13/h2-4,15H,5-6H2,1H3. The highest BCUT2D eigenvalue weighted by Gasteiger charge is 2.26. The normalized spacial score (nSPS) is 12.2. The molecule has 0 saturated heterocycles.